The van der Waals surface area contributed by atoms with E-state index in [1.807, 2.05) is 38.1 Å². The van der Waals surface area contributed by atoms with E-state index in [2.05, 4.69) is 32.7 Å². The van der Waals surface area contributed by atoms with Crippen LogP contribution in [0.3, 0.4) is 0 Å². The van der Waals surface area contributed by atoms with Gasteiger partial charge in [-0.25, -0.2) is 0 Å². The van der Waals surface area contributed by atoms with Crippen LogP contribution in [0.25, 0.3) is 11.1 Å². The average Bonchev–Trinajstić information content (AvgIpc) is 3.15. The number of carbonyl (C=O) groups excluding carboxylic acids is 2. The van der Waals surface area contributed by atoms with Crippen molar-refractivity contribution in [1.29, 1.82) is 0 Å². The molecule has 0 amide bonds. The fraction of sp³-hybridized carbons (Fsp3) is 0.368. The number of methoxy groups -OCH3 is 4. The highest BCUT2D eigenvalue weighted by molar-refractivity contribution is 6.32. The Morgan fingerprint density at radius 2 is 1.02 bits per heavy atom. The van der Waals surface area contributed by atoms with Gasteiger partial charge in [0.1, 0.15) is 35.3 Å². The van der Waals surface area contributed by atoms with Crippen LogP contribution in [0.1, 0.15) is 47.2 Å². The van der Waals surface area contributed by atoms with Gasteiger partial charge in [0.15, 0.2) is 0 Å². The number of esters is 2. The standard InChI is InChI=1S/C38H44Cl2N4O8/c1-21-25(19-51-35-31(39)15-27(33(43-35)47-5)17-41-23(3)37(45)49-7)11-9-13-29(21)30-14-10-12-26(22(30)2)20-52-36-32(40)16-28(34(44-36)48-6)18-42-24(4)38(46)50-8/h9-16,23-24,41-42H,17-20H2,1-8H3/t23-,24-/m0/s1. The number of hydrogen-bond donors (Lipinski definition) is 2. The predicted octanol–water partition coefficient (Wildman–Crippen LogP) is 6.54. The predicted molar refractivity (Wildman–Crippen MR) is 198 cm³/mol. The number of halogens is 2. The Labute approximate surface area is 314 Å². The lowest BCUT2D eigenvalue weighted by atomic mass is 9.92. The molecule has 0 aliphatic heterocycles. The van der Waals surface area contributed by atoms with Crippen LogP contribution in [0.2, 0.25) is 10.0 Å². The van der Waals surface area contributed by atoms with Gasteiger partial charge in [0.2, 0.25) is 23.5 Å². The Morgan fingerprint density at radius 1 is 0.635 bits per heavy atom. The fourth-order valence-electron chi connectivity index (χ4n) is 5.40. The van der Waals surface area contributed by atoms with E-state index in [-0.39, 0.29) is 50.0 Å². The van der Waals surface area contributed by atoms with Crippen molar-refractivity contribution in [2.45, 2.75) is 66.1 Å². The average molecular weight is 756 g/mol. The minimum absolute atomic E-state index is 0.216. The van der Waals surface area contributed by atoms with Gasteiger partial charge in [-0.05, 0) is 73.2 Å². The summed E-state index contributed by atoms with van der Waals surface area (Å²) in [5.41, 5.74) is 7.37. The lowest BCUT2D eigenvalue weighted by molar-refractivity contribution is -0.143. The summed E-state index contributed by atoms with van der Waals surface area (Å²) in [6, 6.07) is 14.5. The molecule has 12 nitrogen and oxygen atoms in total. The molecule has 0 saturated carbocycles. The van der Waals surface area contributed by atoms with E-state index in [1.165, 1.54) is 28.4 Å². The molecule has 278 valence electrons. The Balaban J connectivity index is 1.48. The van der Waals surface area contributed by atoms with Crippen LogP contribution in [0.4, 0.5) is 0 Å². The second kappa shape index (κ2) is 18.7. The summed E-state index contributed by atoms with van der Waals surface area (Å²) in [6.07, 6.45) is 0. The van der Waals surface area contributed by atoms with E-state index in [9.17, 15) is 9.59 Å². The number of aromatic nitrogens is 2. The molecule has 2 atom stereocenters. The number of ether oxygens (including phenoxy) is 6. The molecule has 2 aromatic heterocycles. The van der Waals surface area contributed by atoms with Crippen molar-refractivity contribution in [3.8, 4) is 34.6 Å². The molecule has 0 unspecified atom stereocenters. The second-order valence-electron chi connectivity index (χ2n) is 11.9. The molecule has 0 aliphatic rings. The molecule has 0 radical (unpaired) electrons. The quantitative estimate of drug-likeness (QED) is 0.113. The second-order valence-corrected chi connectivity index (χ2v) is 12.7. The zero-order valence-corrected chi connectivity index (χ0v) is 32.0. The lowest BCUT2D eigenvalue weighted by Crippen LogP contribution is -2.34. The first-order chi connectivity index (χ1) is 24.9. The molecule has 0 aliphatic carbocycles. The van der Waals surface area contributed by atoms with E-state index in [4.69, 9.17) is 51.6 Å². The first kappa shape index (κ1) is 40.2. The van der Waals surface area contributed by atoms with Crippen LogP contribution in [-0.4, -0.2) is 62.4 Å². The highest BCUT2D eigenvalue weighted by atomic mass is 35.5. The topological polar surface area (TPSA) is 139 Å². The summed E-state index contributed by atoms with van der Waals surface area (Å²) in [7, 11) is 5.69. The molecular weight excluding hydrogens is 711 g/mol. The Hall–Kier alpha value is -4.62. The van der Waals surface area contributed by atoms with Gasteiger partial charge < -0.3 is 39.1 Å². The van der Waals surface area contributed by atoms with Gasteiger partial charge in [0, 0.05) is 24.2 Å². The molecule has 14 heteroatoms. The van der Waals surface area contributed by atoms with Gasteiger partial charge in [-0.2, -0.15) is 9.97 Å². The van der Waals surface area contributed by atoms with Crippen molar-refractivity contribution in [1.82, 2.24) is 20.6 Å². The summed E-state index contributed by atoms with van der Waals surface area (Å²) in [5, 5.41) is 6.77. The summed E-state index contributed by atoms with van der Waals surface area (Å²) in [5.74, 6) is 0.360. The first-order valence-electron chi connectivity index (χ1n) is 16.4. The van der Waals surface area contributed by atoms with Crippen LogP contribution >= 0.6 is 23.2 Å². The third kappa shape index (κ3) is 9.82. The Bertz CT molecular complexity index is 1760. The van der Waals surface area contributed by atoms with Crippen molar-refractivity contribution in [2.75, 3.05) is 28.4 Å². The zero-order chi connectivity index (χ0) is 37.9. The lowest BCUT2D eigenvalue weighted by Gasteiger charge is -2.18. The number of rotatable bonds is 17. The van der Waals surface area contributed by atoms with Gasteiger partial charge in [-0.3, -0.25) is 9.59 Å². The minimum Gasteiger partial charge on any atom is -0.481 e. The van der Waals surface area contributed by atoms with Crippen molar-refractivity contribution in [3.63, 3.8) is 0 Å². The van der Waals surface area contributed by atoms with Gasteiger partial charge in [-0.15, -0.1) is 0 Å². The van der Waals surface area contributed by atoms with Gasteiger partial charge in [0.05, 0.1) is 28.4 Å². The van der Waals surface area contributed by atoms with E-state index in [0.717, 1.165) is 33.4 Å². The van der Waals surface area contributed by atoms with E-state index in [0.29, 0.717) is 32.9 Å². The van der Waals surface area contributed by atoms with Crippen LogP contribution in [0.5, 0.6) is 23.5 Å². The first-order valence-corrected chi connectivity index (χ1v) is 17.2. The van der Waals surface area contributed by atoms with E-state index in [1.54, 1.807) is 26.0 Å². The number of nitrogens with one attached hydrogen (secondary N) is 2. The third-order valence-electron chi connectivity index (χ3n) is 8.57. The van der Waals surface area contributed by atoms with Crippen molar-refractivity contribution >= 4 is 35.1 Å². The number of nitrogens with zero attached hydrogens (tertiary/aromatic N) is 2. The minimum atomic E-state index is -0.521. The molecule has 0 spiro atoms. The molecule has 52 heavy (non-hydrogen) atoms. The molecule has 4 aromatic rings. The normalized spacial score (nSPS) is 12.1. The van der Waals surface area contributed by atoms with Gasteiger partial charge >= 0.3 is 11.9 Å². The van der Waals surface area contributed by atoms with Crippen LogP contribution in [-0.2, 0) is 45.4 Å². The SMILES string of the molecule is COC(=O)[C@H](C)NCc1cc(Cl)c(OCc2cccc(-c3cccc(COc4nc(OC)c(CN[C@@H](C)C(=O)OC)cc4Cl)c3C)c2C)nc1OC. The summed E-state index contributed by atoms with van der Waals surface area (Å²) >= 11 is 13.1. The van der Waals surface area contributed by atoms with Crippen molar-refractivity contribution in [3.05, 3.63) is 92.0 Å². The number of carbonyl (C=O) groups is 2. The van der Waals surface area contributed by atoms with Crippen LogP contribution in [0, 0.1) is 13.8 Å². The van der Waals surface area contributed by atoms with E-state index < -0.39 is 12.1 Å². The monoisotopic (exact) mass is 754 g/mol. The molecule has 2 heterocycles. The maximum absolute atomic E-state index is 11.8. The smallest absolute Gasteiger partial charge is 0.322 e. The highest BCUT2D eigenvalue weighted by Crippen LogP contribution is 2.34. The molecule has 2 N–H and O–H groups in total. The molecular formula is C38H44Cl2N4O8. The fourth-order valence-corrected chi connectivity index (χ4v) is 5.86. The van der Waals surface area contributed by atoms with Gasteiger partial charge in [0.25, 0.3) is 0 Å². The molecule has 4 rings (SSSR count). The molecule has 0 saturated heterocycles. The maximum Gasteiger partial charge on any atom is 0.322 e. The number of hydrogen-bond acceptors (Lipinski definition) is 12. The summed E-state index contributed by atoms with van der Waals surface area (Å²) in [6.45, 7) is 8.51. The van der Waals surface area contributed by atoms with Crippen LogP contribution < -0.4 is 29.6 Å². The van der Waals surface area contributed by atoms with Crippen molar-refractivity contribution < 1.29 is 38.0 Å². The summed E-state index contributed by atoms with van der Waals surface area (Å²) in [4.78, 5) is 32.5. The summed E-state index contributed by atoms with van der Waals surface area (Å²) < 4.78 is 32.7. The number of pyridine rings is 2. The molecule has 2 aromatic carbocycles. The largest absolute Gasteiger partial charge is 0.481 e. The van der Waals surface area contributed by atoms with Crippen LogP contribution in [0.15, 0.2) is 48.5 Å². The number of benzene rings is 2. The van der Waals surface area contributed by atoms with Gasteiger partial charge in [-0.1, -0.05) is 59.6 Å². The third-order valence-corrected chi connectivity index (χ3v) is 9.11. The Morgan fingerprint density at radius 3 is 1.37 bits per heavy atom. The van der Waals surface area contributed by atoms with Crippen molar-refractivity contribution in [2.24, 2.45) is 0 Å². The molecule has 0 bridgehead atoms. The maximum atomic E-state index is 11.8. The highest BCUT2D eigenvalue weighted by Gasteiger charge is 2.19. The molecule has 0 fully saturated rings. The zero-order valence-electron chi connectivity index (χ0n) is 30.5. The Kier molecular flexibility index (Phi) is 14.5. The van der Waals surface area contributed by atoms with E-state index >= 15 is 0 Å².